The smallest absolute Gasteiger partial charge is 0.247 e. The molecule has 0 radical (unpaired) electrons. The standard InChI is InChI=1S/C34H33N7O4/c1-3-33(42)36-25-19-26(37-34-35-12-10-32(38-34)41-13-11-24-6-4-5-7-27(24)41)30(43-2)20-28(25)40-16-14-39(15-17-40)21-23-8-9-29-31(18-23)45-22-44-29/h3-13,18-20H,1,14-17,21-22H2,2H3,(H,36,42)(H,35,37,38). The van der Waals surface area contributed by atoms with Gasteiger partial charge in [0.1, 0.15) is 11.6 Å². The second-order valence-corrected chi connectivity index (χ2v) is 10.8. The van der Waals surface area contributed by atoms with Crippen LogP contribution in [0.25, 0.3) is 16.7 Å². The Morgan fingerprint density at radius 2 is 1.84 bits per heavy atom. The number of ether oxygens (including phenoxy) is 3. The quantitative estimate of drug-likeness (QED) is 0.216. The molecule has 45 heavy (non-hydrogen) atoms. The second kappa shape index (κ2) is 12.2. The molecule has 0 atom stereocenters. The van der Waals surface area contributed by atoms with Gasteiger partial charge in [-0.2, -0.15) is 4.98 Å². The van der Waals surface area contributed by atoms with Crippen LogP contribution in [0.3, 0.4) is 0 Å². The number of rotatable bonds is 9. The highest BCUT2D eigenvalue weighted by Gasteiger charge is 2.23. The van der Waals surface area contributed by atoms with E-state index in [0.29, 0.717) is 23.1 Å². The monoisotopic (exact) mass is 603 g/mol. The highest BCUT2D eigenvalue weighted by atomic mass is 16.7. The molecule has 0 bridgehead atoms. The Morgan fingerprint density at radius 3 is 2.69 bits per heavy atom. The van der Waals surface area contributed by atoms with Crippen molar-refractivity contribution in [2.45, 2.75) is 6.54 Å². The number of aromatic nitrogens is 3. The van der Waals surface area contributed by atoms with Gasteiger partial charge in [-0.15, -0.1) is 0 Å². The topological polar surface area (TPSA) is 106 Å². The summed E-state index contributed by atoms with van der Waals surface area (Å²) in [5, 5.41) is 7.41. The number of para-hydroxylation sites is 1. The molecule has 2 aliphatic heterocycles. The van der Waals surface area contributed by atoms with Crippen molar-refractivity contribution in [2.75, 3.05) is 55.6 Å². The highest BCUT2D eigenvalue weighted by molar-refractivity contribution is 6.02. The second-order valence-electron chi connectivity index (χ2n) is 10.8. The molecule has 228 valence electrons. The maximum absolute atomic E-state index is 12.5. The third-order valence-corrected chi connectivity index (χ3v) is 8.05. The first kappa shape index (κ1) is 28.2. The van der Waals surface area contributed by atoms with Gasteiger partial charge in [0.25, 0.3) is 0 Å². The first-order valence-electron chi connectivity index (χ1n) is 14.8. The van der Waals surface area contributed by atoms with Crippen LogP contribution in [0.5, 0.6) is 17.2 Å². The fourth-order valence-electron chi connectivity index (χ4n) is 5.77. The summed E-state index contributed by atoms with van der Waals surface area (Å²) in [5.41, 5.74) is 4.36. The van der Waals surface area contributed by atoms with E-state index in [1.54, 1.807) is 13.3 Å². The lowest BCUT2D eigenvalue weighted by atomic mass is 10.1. The average molecular weight is 604 g/mol. The zero-order chi connectivity index (χ0) is 30.8. The Labute approximate surface area is 260 Å². The van der Waals surface area contributed by atoms with Gasteiger partial charge >= 0.3 is 0 Å². The first-order chi connectivity index (χ1) is 22.1. The molecule has 1 saturated heterocycles. The molecule has 11 heteroatoms. The minimum atomic E-state index is -0.299. The Kier molecular flexibility index (Phi) is 7.66. The Hall–Kier alpha value is -5.55. The summed E-state index contributed by atoms with van der Waals surface area (Å²) < 4.78 is 18.8. The molecule has 2 aromatic heterocycles. The molecule has 3 aromatic carbocycles. The van der Waals surface area contributed by atoms with Gasteiger partial charge < -0.3 is 34.3 Å². The molecule has 0 saturated carbocycles. The summed E-state index contributed by atoms with van der Waals surface area (Å²) in [4.78, 5) is 26.4. The van der Waals surface area contributed by atoms with Gasteiger partial charge in [0.05, 0.1) is 29.7 Å². The number of benzene rings is 3. The molecule has 0 unspecified atom stereocenters. The summed E-state index contributed by atoms with van der Waals surface area (Å²) in [6.45, 7) is 7.96. The number of carbonyl (C=O) groups is 1. The van der Waals surface area contributed by atoms with Crippen molar-refractivity contribution in [3.05, 3.63) is 97.3 Å². The van der Waals surface area contributed by atoms with Crippen LogP contribution in [0, 0.1) is 0 Å². The lowest BCUT2D eigenvalue weighted by Crippen LogP contribution is -2.46. The lowest BCUT2D eigenvalue weighted by Gasteiger charge is -2.37. The number of methoxy groups -OCH3 is 1. The third kappa shape index (κ3) is 5.85. The van der Waals surface area contributed by atoms with Crippen LogP contribution >= 0.6 is 0 Å². The summed E-state index contributed by atoms with van der Waals surface area (Å²) in [6.07, 6.45) is 4.96. The molecule has 1 amide bonds. The van der Waals surface area contributed by atoms with E-state index in [1.165, 1.54) is 11.6 Å². The van der Waals surface area contributed by atoms with E-state index in [4.69, 9.17) is 19.2 Å². The zero-order valence-electron chi connectivity index (χ0n) is 24.9. The van der Waals surface area contributed by atoms with Crippen LogP contribution in [0.2, 0.25) is 0 Å². The van der Waals surface area contributed by atoms with Gasteiger partial charge in [0, 0.05) is 51.2 Å². The van der Waals surface area contributed by atoms with Crippen molar-refractivity contribution in [1.29, 1.82) is 0 Å². The lowest BCUT2D eigenvalue weighted by molar-refractivity contribution is -0.111. The van der Waals surface area contributed by atoms with E-state index in [0.717, 1.165) is 66.6 Å². The van der Waals surface area contributed by atoms with E-state index in [9.17, 15) is 4.79 Å². The van der Waals surface area contributed by atoms with Crippen LogP contribution in [-0.4, -0.2) is 65.4 Å². The summed E-state index contributed by atoms with van der Waals surface area (Å²) in [6, 6.07) is 22.0. The van der Waals surface area contributed by atoms with Gasteiger partial charge in [-0.05, 0) is 53.4 Å². The predicted molar refractivity (Wildman–Crippen MR) is 174 cm³/mol. The van der Waals surface area contributed by atoms with Gasteiger partial charge in [-0.25, -0.2) is 4.98 Å². The zero-order valence-corrected chi connectivity index (χ0v) is 24.9. The molecule has 2 aliphatic rings. The highest BCUT2D eigenvalue weighted by Crippen LogP contribution is 2.39. The van der Waals surface area contributed by atoms with Crippen LogP contribution in [0.15, 0.2) is 91.8 Å². The minimum absolute atomic E-state index is 0.268. The van der Waals surface area contributed by atoms with E-state index < -0.39 is 0 Å². The van der Waals surface area contributed by atoms with E-state index in [1.807, 2.05) is 53.2 Å². The van der Waals surface area contributed by atoms with Crippen LogP contribution in [-0.2, 0) is 11.3 Å². The molecule has 4 heterocycles. The third-order valence-electron chi connectivity index (χ3n) is 8.05. The largest absolute Gasteiger partial charge is 0.494 e. The van der Waals surface area contributed by atoms with Gasteiger partial charge in [0.15, 0.2) is 11.5 Å². The molecule has 2 N–H and O–H groups in total. The summed E-state index contributed by atoms with van der Waals surface area (Å²) in [7, 11) is 1.62. The first-order valence-corrected chi connectivity index (χ1v) is 14.8. The number of nitrogens with one attached hydrogen (secondary N) is 2. The molecule has 0 aliphatic carbocycles. The maximum atomic E-state index is 12.5. The number of fused-ring (bicyclic) bond motifs is 2. The Balaban J connectivity index is 1.12. The Morgan fingerprint density at radius 1 is 1.00 bits per heavy atom. The molecule has 1 fully saturated rings. The van der Waals surface area contributed by atoms with Crippen LogP contribution in [0.1, 0.15) is 5.56 Å². The van der Waals surface area contributed by atoms with Crippen molar-refractivity contribution in [3.8, 4) is 23.1 Å². The van der Waals surface area contributed by atoms with Crippen molar-refractivity contribution in [2.24, 2.45) is 0 Å². The van der Waals surface area contributed by atoms with E-state index in [2.05, 4.69) is 56.3 Å². The van der Waals surface area contributed by atoms with Crippen molar-refractivity contribution >= 4 is 39.8 Å². The number of piperazine rings is 1. The molecule has 5 aromatic rings. The number of anilines is 4. The predicted octanol–water partition coefficient (Wildman–Crippen LogP) is 5.35. The molecule has 7 rings (SSSR count). The summed E-state index contributed by atoms with van der Waals surface area (Å²) in [5.74, 6) is 3.01. The Bertz CT molecular complexity index is 1880. The SMILES string of the molecule is C=CC(=O)Nc1cc(Nc2nccc(-n3ccc4ccccc43)n2)c(OC)cc1N1CCN(Cc2ccc3c(c2)OCO3)CC1. The average Bonchev–Trinajstić information content (AvgIpc) is 3.73. The van der Waals surface area contributed by atoms with Gasteiger partial charge in [0.2, 0.25) is 18.6 Å². The fraction of sp³-hybridized carbons (Fsp3) is 0.206. The number of nitrogens with zero attached hydrogens (tertiary/aromatic N) is 5. The number of hydrogen-bond donors (Lipinski definition) is 2. The van der Waals surface area contributed by atoms with Crippen LogP contribution < -0.4 is 29.7 Å². The maximum Gasteiger partial charge on any atom is 0.247 e. The van der Waals surface area contributed by atoms with Crippen LogP contribution in [0.4, 0.5) is 23.0 Å². The van der Waals surface area contributed by atoms with Crippen molar-refractivity contribution < 1.29 is 19.0 Å². The van der Waals surface area contributed by atoms with Crippen molar-refractivity contribution in [1.82, 2.24) is 19.4 Å². The molecular formula is C34H33N7O4. The van der Waals surface area contributed by atoms with Gasteiger partial charge in [-0.1, -0.05) is 30.8 Å². The minimum Gasteiger partial charge on any atom is -0.494 e. The molecule has 11 nitrogen and oxygen atoms in total. The normalized spacial score (nSPS) is 14.4. The van der Waals surface area contributed by atoms with Crippen molar-refractivity contribution in [3.63, 3.8) is 0 Å². The number of amides is 1. The van der Waals surface area contributed by atoms with E-state index >= 15 is 0 Å². The van der Waals surface area contributed by atoms with Gasteiger partial charge in [-0.3, -0.25) is 9.69 Å². The number of carbonyl (C=O) groups excluding carboxylic acids is 1. The molecule has 0 spiro atoms. The molecular weight excluding hydrogens is 570 g/mol. The summed E-state index contributed by atoms with van der Waals surface area (Å²) >= 11 is 0. The fourth-order valence-corrected chi connectivity index (χ4v) is 5.77. The van der Waals surface area contributed by atoms with E-state index in [-0.39, 0.29) is 12.7 Å². The number of hydrogen-bond acceptors (Lipinski definition) is 9.